The smallest absolute Gasteiger partial charge is 0.102 e. The Morgan fingerprint density at radius 3 is 2.44 bits per heavy atom. The molecule has 0 aliphatic heterocycles. The summed E-state index contributed by atoms with van der Waals surface area (Å²) in [5.74, 6) is 0. The lowest BCUT2D eigenvalue weighted by Crippen LogP contribution is -1.91. The van der Waals surface area contributed by atoms with Gasteiger partial charge in [-0.05, 0) is 30.7 Å². The summed E-state index contributed by atoms with van der Waals surface area (Å²) in [7, 11) is 0. The molecule has 0 spiro atoms. The summed E-state index contributed by atoms with van der Waals surface area (Å²) < 4.78 is 2.32. The first-order valence-corrected chi connectivity index (χ1v) is 6.86. The van der Waals surface area contributed by atoms with E-state index < -0.39 is 0 Å². The van der Waals surface area contributed by atoms with Gasteiger partial charge in [-0.3, -0.25) is 0 Å². The lowest BCUT2D eigenvalue weighted by Gasteiger charge is -2.07. The highest BCUT2D eigenvalue weighted by atomic mass is 79.9. The van der Waals surface area contributed by atoms with E-state index in [1.165, 1.54) is 11.3 Å². The van der Waals surface area contributed by atoms with Gasteiger partial charge in [-0.2, -0.15) is 0 Å². The van der Waals surface area contributed by atoms with E-state index in [1.807, 2.05) is 25.1 Å². The summed E-state index contributed by atoms with van der Waals surface area (Å²) in [4.78, 5) is 0. The SMILES string of the molecule is Cc1cc(Br)c(-c2cc(Cl)sc2Cl)cc1N. The minimum atomic E-state index is 0.672. The zero-order valence-electron chi connectivity index (χ0n) is 8.35. The monoisotopic (exact) mass is 335 g/mol. The van der Waals surface area contributed by atoms with Gasteiger partial charge in [0.25, 0.3) is 0 Å². The van der Waals surface area contributed by atoms with Crippen LogP contribution in [0.4, 0.5) is 5.69 Å². The number of benzene rings is 1. The van der Waals surface area contributed by atoms with Crippen LogP contribution in [0.2, 0.25) is 8.67 Å². The minimum Gasteiger partial charge on any atom is -0.398 e. The molecule has 0 aliphatic rings. The first-order valence-electron chi connectivity index (χ1n) is 4.50. The second kappa shape index (κ2) is 4.57. The normalized spacial score (nSPS) is 10.8. The van der Waals surface area contributed by atoms with Crippen LogP contribution >= 0.6 is 50.5 Å². The summed E-state index contributed by atoms with van der Waals surface area (Å²) in [6.07, 6.45) is 0. The quantitative estimate of drug-likeness (QED) is 0.695. The van der Waals surface area contributed by atoms with E-state index in [2.05, 4.69) is 15.9 Å². The first-order chi connectivity index (χ1) is 7.49. The number of thiophene rings is 1. The maximum Gasteiger partial charge on any atom is 0.102 e. The van der Waals surface area contributed by atoms with Gasteiger partial charge in [0, 0.05) is 21.3 Å². The highest BCUT2D eigenvalue weighted by molar-refractivity contribution is 9.10. The Balaban J connectivity index is 2.64. The van der Waals surface area contributed by atoms with E-state index in [0.717, 1.165) is 26.9 Å². The van der Waals surface area contributed by atoms with Gasteiger partial charge >= 0.3 is 0 Å². The zero-order valence-corrected chi connectivity index (χ0v) is 12.3. The number of aryl methyl sites for hydroxylation is 1. The van der Waals surface area contributed by atoms with Crippen molar-refractivity contribution < 1.29 is 0 Å². The molecule has 0 saturated carbocycles. The maximum atomic E-state index is 6.12. The number of hydrogen-bond acceptors (Lipinski definition) is 2. The van der Waals surface area contributed by atoms with E-state index in [4.69, 9.17) is 28.9 Å². The third kappa shape index (κ3) is 2.23. The van der Waals surface area contributed by atoms with Crippen molar-refractivity contribution in [1.29, 1.82) is 0 Å². The van der Waals surface area contributed by atoms with Gasteiger partial charge in [-0.25, -0.2) is 0 Å². The number of hydrogen-bond donors (Lipinski definition) is 1. The van der Waals surface area contributed by atoms with Gasteiger partial charge < -0.3 is 5.73 Å². The molecule has 0 radical (unpaired) electrons. The third-order valence-corrected chi connectivity index (χ3v) is 4.45. The maximum absolute atomic E-state index is 6.12. The molecular formula is C11H8BrCl2NS. The van der Waals surface area contributed by atoms with Crippen molar-refractivity contribution in [2.75, 3.05) is 5.73 Å². The molecule has 2 rings (SSSR count). The fourth-order valence-corrected chi connectivity index (χ4v) is 3.58. The number of halogens is 3. The Labute approximate surface area is 116 Å². The number of nitrogens with two attached hydrogens (primary N) is 1. The molecule has 0 aliphatic carbocycles. The molecule has 16 heavy (non-hydrogen) atoms. The third-order valence-electron chi connectivity index (χ3n) is 2.30. The van der Waals surface area contributed by atoms with Crippen molar-refractivity contribution in [1.82, 2.24) is 0 Å². The Bertz CT molecular complexity index is 551. The predicted octanol–water partition coefficient (Wildman–Crippen LogP) is 5.38. The Hall–Kier alpha value is -0.220. The molecule has 0 unspecified atom stereocenters. The lowest BCUT2D eigenvalue weighted by molar-refractivity contribution is 1.45. The molecule has 5 heteroatoms. The van der Waals surface area contributed by atoms with Crippen molar-refractivity contribution >= 4 is 56.2 Å². The lowest BCUT2D eigenvalue weighted by atomic mass is 10.1. The van der Waals surface area contributed by atoms with Gasteiger partial charge in [0.05, 0.1) is 4.34 Å². The zero-order chi connectivity index (χ0) is 11.9. The second-order valence-electron chi connectivity index (χ2n) is 3.43. The van der Waals surface area contributed by atoms with Gasteiger partial charge in [-0.15, -0.1) is 11.3 Å². The van der Waals surface area contributed by atoms with Crippen LogP contribution in [0.25, 0.3) is 11.1 Å². The van der Waals surface area contributed by atoms with Crippen molar-refractivity contribution in [2.45, 2.75) is 6.92 Å². The van der Waals surface area contributed by atoms with Crippen LogP contribution < -0.4 is 5.73 Å². The average Bonchev–Trinajstić information content (AvgIpc) is 2.51. The summed E-state index contributed by atoms with van der Waals surface area (Å²) in [6, 6.07) is 5.74. The molecule has 0 atom stereocenters. The Morgan fingerprint density at radius 2 is 1.88 bits per heavy atom. The van der Waals surface area contributed by atoms with Crippen LogP contribution in [0.1, 0.15) is 5.56 Å². The minimum absolute atomic E-state index is 0.672. The number of anilines is 1. The molecule has 0 amide bonds. The highest BCUT2D eigenvalue weighted by Gasteiger charge is 2.12. The molecule has 84 valence electrons. The van der Waals surface area contributed by atoms with Crippen molar-refractivity contribution in [2.24, 2.45) is 0 Å². The van der Waals surface area contributed by atoms with Crippen LogP contribution in [0.15, 0.2) is 22.7 Å². The fraction of sp³-hybridized carbons (Fsp3) is 0.0909. The summed E-state index contributed by atoms with van der Waals surface area (Å²) in [5, 5.41) is 0. The molecule has 2 aromatic rings. The fourth-order valence-electron chi connectivity index (χ4n) is 1.42. The van der Waals surface area contributed by atoms with E-state index in [-0.39, 0.29) is 0 Å². The number of nitrogen functional groups attached to an aromatic ring is 1. The standard InChI is InChI=1S/C11H8BrCl2NS/c1-5-2-8(12)6(3-9(5)15)7-4-10(13)16-11(7)14/h2-4H,15H2,1H3. The molecule has 1 heterocycles. The first kappa shape index (κ1) is 12.2. The van der Waals surface area contributed by atoms with Crippen molar-refractivity contribution in [3.8, 4) is 11.1 Å². The van der Waals surface area contributed by atoms with Gasteiger partial charge in [0.1, 0.15) is 4.34 Å². The van der Waals surface area contributed by atoms with E-state index >= 15 is 0 Å². The molecule has 0 fully saturated rings. The van der Waals surface area contributed by atoms with Crippen LogP contribution in [0.5, 0.6) is 0 Å². The number of rotatable bonds is 1. The van der Waals surface area contributed by atoms with Crippen LogP contribution in [-0.2, 0) is 0 Å². The highest BCUT2D eigenvalue weighted by Crippen LogP contribution is 2.42. The van der Waals surface area contributed by atoms with Crippen LogP contribution in [0, 0.1) is 6.92 Å². The van der Waals surface area contributed by atoms with Gasteiger partial charge in [0.15, 0.2) is 0 Å². The Morgan fingerprint density at radius 1 is 1.19 bits per heavy atom. The van der Waals surface area contributed by atoms with Gasteiger partial charge in [-0.1, -0.05) is 39.1 Å². The van der Waals surface area contributed by atoms with E-state index in [0.29, 0.717) is 8.67 Å². The summed E-state index contributed by atoms with van der Waals surface area (Å²) in [6.45, 7) is 1.96. The topological polar surface area (TPSA) is 26.0 Å². The average molecular weight is 337 g/mol. The molecule has 0 saturated heterocycles. The van der Waals surface area contributed by atoms with Crippen LogP contribution in [0.3, 0.4) is 0 Å². The van der Waals surface area contributed by atoms with Crippen molar-refractivity contribution in [3.05, 3.63) is 36.9 Å². The molecule has 0 bridgehead atoms. The largest absolute Gasteiger partial charge is 0.398 e. The molecule has 1 aromatic heterocycles. The predicted molar refractivity (Wildman–Crippen MR) is 76.6 cm³/mol. The molecule has 1 nitrogen and oxygen atoms in total. The van der Waals surface area contributed by atoms with Gasteiger partial charge in [0.2, 0.25) is 0 Å². The van der Waals surface area contributed by atoms with E-state index in [1.54, 1.807) is 0 Å². The Kier molecular flexibility index (Phi) is 3.50. The molecule has 1 aromatic carbocycles. The second-order valence-corrected chi connectivity index (χ2v) is 6.57. The summed E-state index contributed by atoms with van der Waals surface area (Å²) >= 11 is 16.9. The summed E-state index contributed by atoms with van der Waals surface area (Å²) in [5.41, 5.74) is 9.55. The molecule has 2 N–H and O–H groups in total. The van der Waals surface area contributed by atoms with Crippen LogP contribution in [-0.4, -0.2) is 0 Å². The van der Waals surface area contributed by atoms with Crippen molar-refractivity contribution in [3.63, 3.8) is 0 Å². The molecular weight excluding hydrogens is 329 g/mol. The van der Waals surface area contributed by atoms with E-state index in [9.17, 15) is 0 Å².